The minimum Gasteiger partial charge on any atom is -0.477 e. The first-order valence-electron chi connectivity index (χ1n) is 3.04. The fourth-order valence-corrected chi connectivity index (χ4v) is 0.432. The number of hydrogen-bond acceptors (Lipinski definition) is 4. The molecule has 0 rings (SSSR count). The van der Waals surface area contributed by atoms with Gasteiger partial charge in [0.1, 0.15) is 5.71 Å². The monoisotopic (exact) mass is 159 g/mol. The molecule has 62 valence electrons. The molecule has 11 heavy (non-hydrogen) atoms. The van der Waals surface area contributed by atoms with Gasteiger partial charge in [0.2, 0.25) is 0 Å². The number of carboxylic acid groups (broad SMARTS) is 1. The summed E-state index contributed by atoms with van der Waals surface area (Å²) in [5.74, 6) is -2.07. The fourth-order valence-electron chi connectivity index (χ4n) is 0.432. The molecule has 0 aromatic heterocycles. The lowest BCUT2D eigenvalue weighted by Gasteiger charge is -1.98. The highest BCUT2D eigenvalue weighted by atomic mass is 16.5. The van der Waals surface area contributed by atoms with Crippen molar-refractivity contribution < 1.29 is 19.4 Å². The van der Waals surface area contributed by atoms with Crippen LogP contribution in [0, 0.1) is 5.41 Å². The maximum absolute atomic E-state index is 10.5. The van der Waals surface area contributed by atoms with E-state index in [1.165, 1.54) is 0 Å². The van der Waals surface area contributed by atoms with Crippen LogP contribution in [0.25, 0.3) is 0 Å². The highest BCUT2D eigenvalue weighted by Crippen LogP contribution is 1.88. The Hall–Kier alpha value is -1.39. The van der Waals surface area contributed by atoms with E-state index in [0.717, 1.165) is 0 Å². The first kappa shape index (κ1) is 9.61. The van der Waals surface area contributed by atoms with Crippen molar-refractivity contribution in [1.29, 1.82) is 5.41 Å². The Labute approximate surface area is 63.5 Å². The maximum atomic E-state index is 10.5. The van der Waals surface area contributed by atoms with E-state index >= 15 is 0 Å². The lowest BCUT2D eigenvalue weighted by atomic mass is 10.3. The molecule has 2 N–H and O–H groups in total. The van der Waals surface area contributed by atoms with Gasteiger partial charge in [0.25, 0.3) is 0 Å². The van der Waals surface area contributed by atoms with Crippen LogP contribution in [0.2, 0.25) is 0 Å². The number of carbonyl (C=O) groups is 2. The molecule has 0 aliphatic heterocycles. The summed E-state index contributed by atoms with van der Waals surface area (Å²) in [6.07, 6.45) is -0.469. The topological polar surface area (TPSA) is 87.5 Å². The van der Waals surface area contributed by atoms with Crippen LogP contribution in [-0.2, 0) is 14.3 Å². The third kappa shape index (κ3) is 4.07. The summed E-state index contributed by atoms with van der Waals surface area (Å²) < 4.78 is 4.42. The Morgan fingerprint density at radius 1 is 1.55 bits per heavy atom. The minimum absolute atomic E-state index is 0.200. The molecule has 0 spiro atoms. The molecule has 0 saturated heterocycles. The molecule has 0 aliphatic rings. The van der Waals surface area contributed by atoms with E-state index in [2.05, 4.69) is 4.74 Å². The normalized spacial score (nSPS) is 8.82. The van der Waals surface area contributed by atoms with E-state index in [9.17, 15) is 9.59 Å². The SMILES string of the molecule is CCOC(=O)CC(=N)C(=O)O. The van der Waals surface area contributed by atoms with E-state index in [-0.39, 0.29) is 6.61 Å². The summed E-state index contributed by atoms with van der Waals surface area (Å²) in [5.41, 5.74) is -0.650. The Morgan fingerprint density at radius 2 is 2.09 bits per heavy atom. The average molecular weight is 159 g/mol. The van der Waals surface area contributed by atoms with Crippen molar-refractivity contribution >= 4 is 17.7 Å². The van der Waals surface area contributed by atoms with Crippen LogP contribution in [0.15, 0.2) is 0 Å². The Morgan fingerprint density at radius 3 is 2.45 bits per heavy atom. The zero-order valence-corrected chi connectivity index (χ0v) is 6.09. The van der Waals surface area contributed by atoms with Crippen molar-refractivity contribution in [2.75, 3.05) is 6.61 Å². The number of carboxylic acids is 1. The molecule has 0 aromatic rings. The third-order valence-corrected chi connectivity index (χ3v) is 0.885. The summed E-state index contributed by atoms with van der Waals surface area (Å²) >= 11 is 0. The number of hydrogen-bond donors (Lipinski definition) is 2. The van der Waals surface area contributed by atoms with Crippen molar-refractivity contribution in [2.45, 2.75) is 13.3 Å². The zero-order chi connectivity index (χ0) is 8.85. The van der Waals surface area contributed by atoms with Crippen molar-refractivity contribution in [3.05, 3.63) is 0 Å². The van der Waals surface area contributed by atoms with E-state index in [1.807, 2.05) is 0 Å². The molecule has 5 nitrogen and oxygen atoms in total. The number of ether oxygens (including phenoxy) is 1. The molecule has 0 atom stereocenters. The van der Waals surface area contributed by atoms with Gasteiger partial charge in [-0.1, -0.05) is 0 Å². The standard InChI is InChI=1S/C6H9NO4/c1-2-11-5(8)3-4(7)6(9)10/h7H,2-3H2,1H3,(H,9,10). The van der Waals surface area contributed by atoms with Crippen molar-refractivity contribution in [3.8, 4) is 0 Å². The maximum Gasteiger partial charge on any atom is 0.350 e. The van der Waals surface area contributed by atoms with Crippen LogP contribution >= 0.6 is 0 Å². The molecule has 0 bridgehead atoms. The first-order valence-corrected chi connectivity index (χ1v) is 3.04. The molecule has 0 heterocycles. The van der Waals surface area contributed by atoms with Gasteiger partial charge in [0.15, 0.2) is 0 Å². The minimum atomic E-state index is -1.39. The Balaban J connectivity index is 3.76. The molecule has 0 fully saturated rings. The van der Waals surface area contributed by atoms with Gasteiger partial charge in [-0.15, -0.1) is 0 Å². The van der Waals surface area contributed by atoms with Gasteiger partial charge in [-0.3, -0.25) is 10.2 Å². The summed E-state index contributed by atoms with van der Waals surface area (Å²) in [5, 5.41) is 14.9. The van der Waals surface area contributed by atoms with Gasteiger partial charge in [-0.05, 0) is 6.92 Å². The number of aliphatic carboxylic acids is 1. The first-order chi connectivity index (χ1) is 5.07. The molecule has 0 amide bonds. The highest BCUT2D eigenvalue weighted by Gasteiger charge is 2.12. The molecule has 0 saturated carbocycles. The van der Waals surface area contributed by atoms with Gasteiger partial charge < -0.3 is 9.84 Å². The number of nitrogens with one attached hydrogen (secondary N) is 1. The molecular weight excluding hydrogens is 150 g/mol. The van der Waals surface area contributed by atoms with Crippen LogP contribution in [0.1, 0.15) is 13.3 Å². The Kier molecular flexibility index (Phi) is 3.87. The van der Waals surface area contributed by atoms with E-state index in [4.69, 9.17) is 10.5 Å². The van der Waals surface area contributed by atoms with Gasteiger partial charge in [0, 0.05) is 0 Å². The molecular formula is C6H9NO4. The van der Waals surface area contributed by atoms with Crippen molar-refractivity contribution in [2.24, 2.45) is 0 Å². The number of carbonyl (C=O) groups excluding carboxylic acids is 1. The quantitative estimate of drug-likeness (QED) is 0.448. The average Bonchev–Trinajstić information content (AvgIpc) is 1.87. The second kappa shape index (κ2) is 4.43. The molecule has 0 unspecified atom stereocenters. The van der Waals surface area contributed by atoms with E-state index < -0.39 is 24.1 Å². The lowest BCUT2D eigenvalue weighted by molar-refractivity contribution is -0.142. The number of rotatable bonds is 4. The molecule has 0 aliphatic carbocycles. The van der Waals surface area contributed by atoms with Crippen LogP contribution in [0.3, 0.4) is 0 Å². The molecule has 5 heteroatoms. The van der Waals surface area contributed by atoms with Crippen LogP contribution in [0.4, 0.5) is 0 Å². The summed E-state index contributed by atoms with van der Waals surface area (Å²) in [6, 6.07) is 0. The van der Waals surface area contributed by atoms with Gasteiger partial charge >= 0.3 is 11.9 Å². The number of esters is 1. The van der Waals surface area contributed by atoms with Crippen molar-refractivity contribution in [1.82, 2.24) is 0 Å². The second-order valence-corrected chi connectivity index (χ2v) is 1.77. The summed E-state index contributed by atoms with van der Waals surface area (Å²) in [7, 11) is 0. The van der Waals surface area contributed by atoms with E-state index in [0.29, 0.717) is 0 Å². The van der Waals surface area contributed by atoms with Crippen LogP contribution in [0.5, 0.6) is 0 Å². The van der Waals surface area contributed by atoms with Gasteiger partial charge in [-0.25, -0.2) is 4.79 Å². The predicted octanol–water partition coefficient (Wildman–Crippen LogP) is 0.0440. The van der Waals surface area contributed by atoms with E-state index in [1.54, 1.807) is 6.92 Å². The summed E-state index contributed by atoms with van der Waals surface area (Å²) in [6.45, 7) is 1.81. The van der Waals surface area contributed by atoms with Gasteiger partial charge in [0.05, 0.1) is 13.0 Å². The highest BCUT2D eigenvalue weighted by molar-refractivity contribution is 6.37. The zero-order valence-electron chi connectivity index (χ0n) is 6.09. The largest absolute Gasteiger partial charge is 0.477 e. The van der Waals surface area contributed by atoms with Crippen molar-refractivity contribution in [3.63, 3.8) is 0 Å². The molecule has 0 radical (unpaired) electrons. The Bertz CT molecular complexity index is 187. The van der Waals surface area contributed by atoms with Crippen LogP contribution < -0.4 is 0 Å². The smallest absolute Gasteiger partial charge is 0.350 e. The van der Waals surface area contributed by atoms with Crippen LogP contribution in [-0.4, -0.2) is 29.4 Å². The lowest BCUT2D eigenvalue weighted by Crippen LogP contribution is -2.17. The second-order valence-electron chi connectivity index (χ2n) is 1.77. The van der Waals surface area contributed by atoms with Gasteiger partial charge in [-0.2, -0.15) is 0 Å². The molecule has 0 aromatic carbocycles. The third-order valence-electron chi connectivity index (χ3n) is 0.885. The predicted molar refractivity (Wildman–Crippen MR) is 36.6 cm³/mol. The fraction of sp³-hybridized carbons (Fsp3) is 0.500. The summed E-state index contributed by atoms with van der Waals surface area (Å²) in [4.78, 5) is 20.5.